The highest BCUT2D eigenvalue weighted by Gasteiger charge is 2.48. The van der Waals surface area contributed by atoms with Gasteiger partial charge < -0.3 is 26.6 Å². The highest BCUT2D eigenvalue weighted by Crippen LogP contribution is 2.36. The van der Waals surface area contributed by atoms with E-state index in [1.54, 1.807) is 20.8 Å². The lowest BCUT2D eigenvalue weighted by atomic mass is 9.81. The Morgan fingerprint density at radius 1 is 0.870 bits per heavy atom. The lowest BCUT2D eigenvalue weighted by Crippen LogP contribution is -2.62. The van der Waals surface area contributed by atoms with Crippen LogP contribution in [0.5, 0.6) is 0 Å². The molecular weight excluding hydrogens is 607 g/mol. The number of halogens is 3. The van der Waals surface area contributed by atoms with Crippen LogP contribution in [0.4, 0.5) is 18.0 Å². The second-order valence-electron chi connectivity index (χ2n) is 14.6. The van der Waals surface area contributed by atoms with Gasteiger partial charge in [-0.3, -0.25) is 24.0 Å². The Morgan fingerprint density at radius 2 is 1.48 bits per heavy atom. The summed E-state index contributed by atoms with van der Waals surface area (Å²) in [5.74, 6) is -4.90. The summed E-state index contributed by atoms with van der Waals surface area (Å²) in [7, 11) is 0. The Labute approximate surface area is 268 Å². The number of hydrogen-bond acceptors (Lipinski definition) is 6. The second kappa shape index (κ2) is 15.1. The van der Waals surface area contributed by atoms with Crippen LogP contribution in [0.2, 0.25) is 0 Å². The van der Waals surface area contributed by atoms with E-state index in [4.69, 9.17) is 5.73 Å². The third-order valence-corrected chi connectivity index (χ3v) is 9.53. The second-order valence-corrected chi connectivity index (χ2v) is 14.6. The van der Waals surface area contributed by atoms with E-state index in [0.717, 1.165) is 44.9 Å². The van der Waals surface area contributed by atoms with Crippen molar-refractivity contribution in [3.8, 4) is 0 Å². The van der Waals surface area contributed by atoms with Crippen LogP contribution < -0.4 is 21.7 Å². The monoisotopic (exact) mass is 657 g/mol. The summed E-state index contributed by atoms with van der Waals surface area (Å²) in [4.78, 5) is 79.7. The Morgan fingerprint density at radius 3 is 1.98 bits per heavy atom. The van der Waals surface area contributed by atoms with Crippen LogP contribution >= 0.6 is 0 Å². The van der Waals surface area contributed by atoms with Gasteiger partial charge in [-0.05, 0) is 61.7 Å². The minimum absolute atomic E-state index is 0.0160. The first-order chi connectivity index (χ1) is 21.3. The molecule has 0 aromatic rings. The minimum atomic E-state index is -4.65. The number of hydrogen-bond donors (Lipinski definition) is 4. The average Bonchev–Trinajstić information content (AvgIpc) is 3.72. The summed E-state index contributed by atoms with van der Waals surface area (Å²) in [6.07, 6.45) is -0.308. The number of nitrogens with zero attached hydrogens (tertiary/aromatic N) is 1. The molecule has 3 rings (SSSR count). The molecule has 5 N–H and O–H groups in total. The predicted molar refractivity (Wildman–Crippen MR) is 163 cm³/mol. The van der Waals surface area contributed by atoms with Gasteiger partial charge in [-0.1, -0.05) is 53.9 Å². The van der Waals surface area contributed by atoms with Crippen LogP contribution in [-0.4, -0.2) is 77.1 Å². The molecule has 0 spiro atoms. The maximum absolute atomic E-state index is 14.2. The molecule has 1 heterocycles. The van der Waals surface area contributed by atoms with Crippen LogP contribution in [-0.2, 0) is 24.0 Å². The third kappa shape index (κ3) is 9.90. The number of ketones is 2. The first-order valence-corrected chi connectivity index (χ1v) is 16.4. The number of rotatable bonds is 13. The van der Waals surface area contributed by atoms with Gasteiger partial charge in [-0.25, -0.2) is 4.79 Å². The molecule has 14 heteroatoms. The SMILES string of the molecule is CC(C)C1CCN(C(=O)[C@@H](NC(=O)N[C@H](C(=O)C2CC2)C2CCCCC2)C(C)(C)C)[C@@H]1C(=O)NC(CCC(F)(F)F)C(=O)C(N)=O. The lowest BCUT2D eigenvalue weighted by molar-refractivity contribution is -0.147. The van der Waals surface area contributed by atoms with E-state index in [-0.39, 0.29) is 30.1 Å². The molecule has 1 aliphatic heterocycles. The molecule has 0 aromatic carbocycles. The standard InChI is InChI=1S/C32H50F3N5O6/c1-17(2)20-14-16-40(23(20)28(44)37-21(25(42)27(36)43)13-15-32(33,34)35)29(45)26(31(3,4)5)39-30(46)38-22(24(41)19-11-12-19)18-9-7-6-8-10-18/h17-23,26H,6-16H2,1-5H3,(H2,36,43)(H,37,44)(H2,38,39,46)/t20?,21?,22-,23-,26+/m0/s1. The van der Waals surface area contributed by atoms with Gasteiger partial charge in [0.25, 0.3) is 5.91 Å². The molecule has 46 heavy (non-hydrogen) atoms. The molecule has 2 aliphatic carbocycles. The quantitative estimate of drug-likeness (QED) is 0.222. The first-order valence-electron chi connectivity index (χ1n) is 16.4. The Kier molecular flexibility index (Phi) is 12.3. The number of nitrogens with one attached hydrogen (secondary N) is 3. The highest BCUT2D eigenvalue weighted by atomic mass is 19.4. The van der Waals surface area contributed by atoms with Gasteiger partial charge in [0.05, 0.1) is 12.1 Å². The fourth-order valence-corrected chi connectivity index (χ4v) is 6.74. The average molecular weight is 658 g/mol. The highest BCUT2D eigenvalue weighted by molar-refractivity contribution is 6.37. The molecule has 0 bridgehead atoms. The van der Waals surface area contributed by atoms with Gasteiger partial charge in [0.2, 0.25) is 17.6 Å². The van der Waals surface area contributed by atoms with Crippen molar-refractivity contribution in [2.45, 2.75) is 129 Å². The zero-order chi connectivity index (χ0) is 34.6. The van der Waals surface area contributed by atoms with Crippen LogP contribution in [0.1, 0.15) is 98.8 Å². The van der Waals surface area contributed by atoms with Crippen molar-refractivity contribution in [2.24, 2.45) is 34.8 Å². The summed E-state index contributed by atoms with van der Waals surface area (Å²) in [6.45, 7) is 9.03. The maximum Gasteiger partial charge on any atom is 0.389 e. The Hall–Kier alpha value is -3.19. The summed E-state index contributed by atoms with van der Waals surface area (Å²) >= 11 is 0. The number of primary amides is 1. The van der Waals surface area contributed by atoms with Crippen molar-refractivity contribution in [3.05, 3.63) is 0 Å². The van der Waals surface area contributed by atoms with E-state index in [9.17, 15) is 41.9 Å². The molecule has 5 amide bonds. The Bertz CT molecular complexity index is 1160. The number of alkyl halides is 3. The number of carbonyl (C=O) groups excluding carboxylic acids is 6. The minimum Gasteiger partial charge on any atom is -0.363 e. The Balaban J connectivity index is 1.83. The van der Waals surface area contributed by atoms with Gasteiger partial charge in [0, 0.05) is 18.9 Å². The van der Waals surface area contributed by atoms with Gasteiger partial charge in [-0.15, -0.1) is 0 Å². The number of carbonyl (C=O) groups is 6. The molecular formula is C32H50F3N5O6. The van der Waals surface area contributed by atoms with Crippen LogP contribution in [0.3, 0.4) is 0 Å². The topological polar surface area (TPSA) is 168 Å². The zero-order valence-corrected chi connectivity index (χ0v) is 27.5. The molecule has 260 valence electrons. The number of likely N-dealkylation sites (tertiary alicyclic amines) is 1. The van der Waals surface area contributed by atoms with Gasteiger partial charge in [0.15, 0.2) is 5.78 Å². The summed E-state index contributed by atoms with van der Waals surface area (Å²) in [5.41, 5.74) is 4.21. The summed E-state index contributed by atoms with van der Waals surface area (Å²) in [6, 6.07) is -5.46. The third-order valence-electron chi connectivity index (χ3n) is 9.53. The molecule has 5 atom stereocenters. The number of amides is 5. The molecule has 2 saturated carbocycles. The van der Waals surface area contributed by atoms with Crippen molar-refractivity contribution in [1.29, 1.82) is 0 Å². The van der Waals surface area contributed by atoms with Gasteiger partial charge in [0.1, 0.15) is 12.1 Å². The molecule has 3 fully saturated rings. The molecule has 0 radical (unpaired) electrons. The predicted octanol–water partition coefficient (Wildman–Crippen LogP) is 3.38. The van der Waals surface area contributed by atoms with E-state index in [1.165, 1.54) is 4.90 Å². The van der Waals surface area contributed by atoms with Crippen molar-refractivity contribution in [3.63, 3.8) is 0 Å². The van der Waals surface area contributed by atoms with Gasteiger partial charge in [-0.2, -0.15) is 13.2 Å². The van der Waals surface area contributed by atoms with Crippen LogP contribution in [0, 0.1) is 29.1 Å². The van der Waals surface area contributed by atoms with Crippen molar-refractivity contribution in [1.82, 2.24) is 20.9 Å². The fourth-order valence-electron chi connectivity index (χ4n) is 6.74. The molecule has 2 unspecified atom stereocenters. The first kappa shape index (κ1) is 37.3. The van der Waals surface area contributed by atoms with Crippen molar-refractivity contribution >= 4 is 35.3 Å². The summed E-state index contributed by atoms with van der Waals surface area (Å²) < 4.78 is 38.9. The number of Topliss-reactive ketones (excluding diaryl/α,β-unsaturated/α-hetero) is 2. The van der Waals surface area contributed by atoms with Gasteiger partial charge >= 0.3 is 12.2 Å². The lowest BCUT2D eigenvalue weighted by Gasteiger charge is -2.37. The maximum atomic E-state index is 14.2. The number of nitrogens with two attached hydrogens (primary N) is 1. The molecule has 0 aromatic heterocycles. The van der Waals surface area contributed by atoms with E-state index in [1.807, 2.05) is 13.8 Å². The largest absolute Gasteiger partial charge is 0.389 e. The van der Waals surface area contributed by atoms with E-state index >= 15 is 0 Å². The van der Waals surface area contributed by atoms with E-state index in [0.29, 0.717) is 6.42 Å². The molecule has 3 aliphatic rings. The van der Waals surface area contributed by atoms with E-state index < -0.39 is 84.1 Å². The normalized spacial score (nSPS) is 22.9. The molecule has 11 nitrogen and oxygen atoms in total. The smallest absolute Gasteiger partial charge is 0.363 e. The summed E-state index contributed by atoms with van der Waals surface area (Å²) in [5, 5.41) is 7.91. The van der Waals surface area contributed by atoms with Crippen LogP contribution in [0.25, 0.3) is 0 Å². The van der Waals surface area contributed by atoms with Crippen molar-refractivity contribution < 1.29 is 41.9 Å². The van der Waals surface area contributed by atoms with E-state index in [2.05, 4.69) is 16.0 Å². The van der Waals surface area contributed by atoms with Crippen LogP contribution in [0.15, 0.2) is 0 Å². The zero-order valence-electron chi connectivity index (χ0n) is 27.5. The van der Waals surface area contributed by atoms with Crippen molar-refractivity contribution in [2.75, 3.05) is 6.54 Å². The molecule has 1 saturated heterocycles. The number of urea groups is 1. The fraction of sp³-hybridized carbons (Fsp3) is 0.812.